The molecule has 1 fully saturated rings. The zero-order chi connectivity index (χ0) is 39.5. The summed E-state index contributed by atoms with van der Waals surface area (Å²) in [6.45, 7) is 3.73. The SMILES string of the molecule is CCCCCCC/C=C\C/C=C\CCCCCCCCCCCC(=O)NC(COC1OC(CO)C(O)C(O)C1O)C(O)/C=C/CCCCCCCCCC. The molecule has 9 heteroatoms. The Morgan fingerprint density at radius 3 is 1.59 bits per heavy atom. The van der Waals surface area contributed by atoms with Crippen molar-refractivity contribution in [1.29, 1.82) is 0 Å². The van der Waals surface area contributed by atoms with E-state index < -0.39 is 49.5 Å². The number of aliphatic hydroxyl groups is 5. The van der Waals surface area contributed by atoms with E-state index in [1.165, 1.54) is 122 Å². The highest BCUT2D eigenvalue weighted by atomic mass is 16.7. The number of rotatable bonds is 36. The lowest BCUT2D eigenvalue weighted by Gasteiger charge is -2.40. The van der Waals surface area contributed by atoms with Gasteiger partial charge in [-0.25, -0.2) is 0 Å². The predicted octanol–water partition coefficient (Wildman–Crippen LogP) is 8.89. The lowest BCUT2D eigenvalue weighted by molar-refractivity contribution is -0.302. The van der Waals surface area contributed by atoms with Gasteiger partial charge in [0.2, 0.25) is 5.91 Å². The fraction of sp³-hybridized carbons (Fsp3) is 0.844. The summed E-state index contributed by atoms with van der Waals surface area (Å²) in [4.78, 5) is 12.9. The van der Waals surface area contributed by atoms with Crippen LogP contribution in [0.3, 0.4) is 0 Å². The van der Waals surface area contributed by atoms with E-state index in [1.54, 1.807) is 6.08 Å². The molecule has 7 atom stereocenters. The van der Waals surface area contributed by atoms with E-state index in [9.17, 15) is 30.3 Å². The number of carbonyl (C=O) groups is 1. The van der Waals surface area contributed by atoms with Gasteiger partial charge in [-0.15, -0.1) is 0 Å². The molecule has 1 aliphatic heterocycles. The molecule has 0 radical (unpaired) electrons. The first kappa shape index (κ1) is 50.4. The Morgan fingerprint density at radius 2 is 1.09 bits per heavy atom. The fourth-order valence-corrected chi connectivity index (χ4v) is 6.83. The van der Waals surface area contributed by atoms with E-state index in [1.807, 2.05) is 6.08 Å². The lowest BCUT2D eigenvalue weighted by Crippen LogP contribution is -2.60. The average molecular weight is 766 g/mol. The molecule has 316 valence electrons. The van der Waals surface area contributed by atoms with E-state index in [0.717, 1.165) is 44.9 Å². The smallest absolute Gasteiger partial charge is 0.220 e. The van der Waals surface area contributed by atoms with Gasteiger partial charge in [-0.1, -0.05) is 166 Å². The summed E-state index contributed by atoms with van der Waals surface area (Å²) in [5.41, 5.74) is 0. The molecule has 54 heavy (non-hydrogen) atoms. The van der Waals surface area contributed by atoms with Gasteiger partial charge in [0.1, 0.15) is 24.4 Å². The molecule has 7 unspecified atom stereocenters. The first-order valence-corrected chi connectivity index (χ1v) is 22.2. The molecule has 6 N–H and O–H groups in total. The maximum Gasteiger partial charge on any atom is 0.220 e. The van der Waals surface area contributed by atoms with Crippen molar-refractivity contribution in [3.63, 3.8) is 0 Å². The van der Waals surface area contributed by atoms with Gasteiger partial charge in [-0.2, -0.15) is 0 Å². The molecule has 1 amide bonds. The van der Waals surface area contributed by atoms with Crippen LogP contribution < -0.4 is 5.32 Å². The van der Waals surface area contributed by atoms with E-state index in [0.29, 0.717) is 6.42 Å². The third-order valence-corrected chi connectivity index (χ3v) is 10.5. The Balaban J connectivity index is 2.31. The molecule has 0 saturated carbocycles. The van der Waals surface area contributed by atoms with Gasteiger partial charge < -0.3 is 40.3 Å². The first-order chi connectivity index (χ1) is 26.3. The van der Waals surface area contributed by atoms with Crippen molar-refractivity contribution >= 4 is 5.91 Å². The zero-order valence-electron chi connectivity index (χ0n) is 34.5. The van der Waals surface area contributed by atoms with Crippen LogP contribution in [-0.2, 0) is 14.3 Å². The average Bonchev–Trinajstić information content (AvgIpc) is 3.17. The van der Waals surface area contributed by atoms with Crippen LogP contribution in [0.1, 0.15) is 187 Å². The van der Waals surface area contributed by atoms with Crippen LogP contribution >= 0.6 is 0 Å². The van der Waals surface area contributed by atoms with E-state index in [-0.39, 0.29) is 12.5 Å². The summed E-state index contributed by atoms with van der Waals surface area (Å²) in [7, 11) is 0. The molecule has 1 aliphatic rings. The van der Waals surface area contributed by atoms with Gasteiger partial charge in [0, 0.05) is 6.42 Å². The molecular formula is C45H83NO8. The minimum absolute atomic E-state index is 0.184. The number of ether oxygens (including phenoxy) is 2. The minimum atomic E-state index is -1.56. The maximum absolute atomic E-state index is 12.9. The van der Waals surface area contributed by atoms with Crippen molar-refractivity contribution < 1.29 is 39.8 Å². The quantitative estimate of drug-likeness (QED) is 0.0274. The number of aliphatic hydroxyl groups excluding tert-OH is 5. The summed E-state index contributed by atoms with van der Waals surface area (Å²) in [5.74, 6) is -0.184. The molecule has 0 spiro atoms. The van der Waals surface area contributed by atoms with Crippen LogP contribution in [0, 0.1) is 0 Å². The molecule has 0 aromatic heterocycles. The Morgan fingerprint density at radius 1 is 0.630 bits per heavy atom. The van der Waals surface area contributed by atoms with Gasteiger partial charge in [-0.3, -0.25) is 4.79 Å². The van der Waals surface area contributed by atoms with Crippen molar-refractivity contribution in [2.24, 2.45) is 0 Å². The number of amides is 1. The number of nitrogens with one attached hydrogen (secondary N) is 1. The van der Waals surface area contributed by atoms with Crippen molar-refractivity contribution in [2.45, 2.75) is 230 Å². The van der Waals surface area contributed by atoms with E-state index in [4.69, 9.17) is 9.47 Å². The monoisotopic (exact) mass is 766 g/mol. The zero-order valence-corrected chi connectivity index (χ0v) is 34.5. The normalized spacial score (nSPS) is 21.8. The Bertz CT molecular complexity index is 941. The number of hydrogen-bond donors (Lipinski definition) is 6. The fourth-order valence-electron chi connectivity index (χ4n) is 6.83. The Labute approximate surface area is 330 Å². The highest BCUT2D eigenvalue weighted by Crippen LogP contribution is 2.22. The molecule has 1 saturated heterocycles. The van der Waals surface area contributed by atoms with Crippen molar-refractivity contribution in [1.82, 2.24) is 5.32 Å². The predicted molar refractivity (Wildman–Crippen MR) is 221 cm³/mol. The van der Waals surface area contributed by atoms with Gasteiger partial charge >= 0.3 is 0 Å². The van der Waals surface area contributed by atoms with Crippen LogP contribution in [0.4, 0.5) is 0 Å². The molecule has 1 heterocycles. The second-order valence-electron chi connectivity index (χ2n) is 15.5. The summed E-state index contributed by atoms with van der Waals surface area (Å²) in [6, 6.07) is -0.804. The third kappa shape index (κ3) is 26.3. The molecule has 0 aromatic rings. The largest absolute Gasteiger partial charge is 0.394 e. The van der Waals surface area contributed by atoms with Crippen LogP contribution in [0.25, 0.3) is 0 Å². The van der Waals surface area contributed by atoms with Crippen LogP contribution in [-0.4, -0.2) is 87.5 Å². The summed E-state index contributed by atoms with van der Waals surface area (Å²) < 4.78 is 11.2. The van der Waals surface area contributed by atoms with Crippen molar-refractivity contribution in [3.8, 4) is 0 Å². The number of unbranched alkanes of at least 4 members (excludes halogenated alkanes) is 22. The Hall–Kier alpha value is -1.59. The number of carbonyl (C=O) groups excluding carboxylic acids is 1. The van der Waals surface area contributed by atoms with E-state index >= 15 is 0 Å². The standard InChI is InChI=1S/C45H83NO8/c1-3-5-7-9-11-13-15-16-17-18-19-20-21-22-23-24-25-27-29-31-33-35-41(49)46-38(37-53-45-44(52)43(51)42(50)40(36-47)54-45)39(48)34-32-30-28-26-14-12-10-8-6-4-2/h15-16,18-19,32,34,38-40,42-45,47-48,50-52H,3-14,17,20-31,33,35-37H2,1-2H3,(H,46,49)/b16-15-,19-18-,34-32+. The van der Waals surface area contributed by atoms with Crippen LogP contribution in [0.15, 0.2) is 36.5 Å². The second kappa shape index (κ2) is 35.8. The minimum Gasteiger partial charge on any atom is -0.394 e. The third-order valence-electron chi connectivity index (χ3n) is 10.5. The van der Waals surface area contributed by atoms with Gasteiger partial charge in [-0.05, 0) is 51.4 Å². The second-order valence-corrected chi connectivity index (χ2v) is 15.5. The molecule has 9 nitrogen and oxygen atoms in total. The highest BCUT2D eigenvalue weighted by molar-refractivity contribution is 5.76. The van der Waals surface area contributed by atoms with E-state index in [2.05, 4.69) is 43.5 Å². The first-order valence-electron chi connectivity index (χ1n) is 22.2. The van der Waals surface area contributed by atoms with Crippen LogP contribution in [0.5, 0.6) is 0 Å². The molecular weight excluding hydrogens is 682 g/mol. The van der Waals surface area contributed by atoms with Crippen molar-refractivity contribution in [2.75, 3.05) is 13.2 Å². The molecule has 1 rings (SSSR count). The van der Waals surface area contributed by atoms with Gasteiger partial charge in [0.15, 0.2) is 6.29 Å². The van der Waals surface area contributed by atoms with Gasteiger partial charge in [0.05, 0.1) is 25.4 Å². The molecule has 0 aromatic carbocycles. The topological polar surface area (TPSA) is 149 Å². The lowest BCUT2D eigenvalue weighted by atomic mass is 9.99. The maximum atomic E-state index is 12.9. The van der Waals surface area contributed by atoms with Crippen LogP contribution in [0.2, 0.25) is 0 Å². The number of allylic oxidation sites excluding steroid dienone is 5. The van der Waals surface area contributed by atoms with Gasteiger partial charge in [0.25, 0.3) is 0 Å². The Kier molecular flexibility index (Phi) is 33.4. The molecule has 0 bridgehead atoms. The molecule has 0 aliphatic carbocycles. The summed E-state index contributed by atoms with van der Waals surface area (Å²) >= 11 is 0. The van der Waals surface area contributed by atoms with Crippen molar-refractivity contribution in [3.05, 3.63) is 36.5 Å². The summed E-state index contributed by atoms with van der Waals surface area (Å²) in [5, 5.41) is 54.0. The summed E-state index contributed by atoms with van der Waals surface area (Å²) in [6.07, 6.45) is 36.2. The number of hydrogen-bond acceptors (Lipinski definition) is 8. The highest BCUT2D eigenvalue weighted by Gasteiger charge is 2.44.